The van der Waals surface area contributed by atoms with Crippen LogP contribution in [0.5, 0.6) is 5.75 Å². The maximum absolute atomic E-state index is 11.8. The summed E-state index contributed by atoms with van der Waals surface area (Å²) in [5.41, 5.74) is 1.52. The first-order valence-electron chi connectivity index (χ1n) is 7.42. The number of aromatic nitrogens is 2. The average Bonchev–Trinajstić information content (AvgIpc) is 2.79. The predicted octanol–water partition coefficient (Wildman–Crippen LogP) is 2.34. The first kappa shape index (κ1) is 17.5. The quantitative estimate of drug-likeness (QED) is 0.334. The van der Waals surface area contributed by atoms with Gasteiger partial charge in [-0.25, -0.2) is 0 Å². The zero-order chi connectivity index (χ0) is 17.7. The molecule has 1 aromatic heterocycles. The molecule has 0 saturated heterocycles. The zero-order valence-electron chi connectivity index (χ0n) is 13.8. The van der Waals surface area contributed by atoms with Crippen LogP contribution in [0.25, 0.3) is 0 Å². The number of hydrogen-bond acceptors (Lipinski definition) is 6. The molecule has 0 aliphatic rings. The average molecular weight is 333 g/mol. The summed E-state index contributed by atoms with van der Waals surface area (Å²) in [5.74, 6) is 0.214. The van der Waals surface area contributed by atoms with Crippen LogP contribution >= 0.6 is 0 Å². The Kier molecular flexibility index (Phi) is 5.51. The number of carbonyl (C=O) groups is 1. The van der Waals surface area contributed by atoms with E-state index in [1.807, 2.05) is 31.2 Å². The summed E-state index contributed by atoms with van der Waals surface area (Å²) in [6.45, 7) is 5.15. The van der Waals surface area contributed by atoms with Crippen molar-refractivity contribution < 1.29 is 19.2 Å². The van der Waals surface area contributed by atoms with E-state index >= 15 is 0 Å². The van der Waals surface area contributed by atoms with Crippen LogP contribution in [0.1, 0.15) is 17.0 Å². The van der Waals surface area contributed by atoms with E-state index in [-0.39, 0.29) is 31.1 Å². The lowest BCUT2D eigenvalue weighted by atomic mass is 10.2. The maximum Gasteiger partial charge on any atom is 0.327 e. The number of carbonyl (C=O) groups excluding carboxylic acids is 1. The second-order valence-corrected chi connectivity index (χ2v) is 5.27. The number of benzene rings is 1. The Morgan fingerprint density at radius 1 is 1.25 bits per heavy atom. The summed E-state index contributed by atoms with van der Waals surface area (Å²) < 4.78 is 11.9. The summed E-state index contributed by atoms with van der Waals surface area (Å²) in [6, 6.07) is 7.54. The van der Waals surface area contributed by atoms with Crippen molar-refractivity contribution in [3.05, 3.63) is 51.3 Å². The highest BCUT2D eigenvalue weighted by molar-refractivity contribution is 5.69. The molecule has 0 radical (unpaired) electrons. The van der Waals surface area contributed by atoms with Gasteiger partial charge >= 0.3 is 11.7 Å². The fourth-order valence-corrected chi connectivity index (χ4v) is 2.30. The topological polar surface area (TPSA) is 96.5 Å². The molecule has 0 aliphatic carbocycles. The van der Waals surface area contributed by atoms with E-state index < -0.39 is 10.9 Å². The Labute approximate surface area is 139 Å². The SMILES string of the molecule is Cc1ccccc1OCCOC(=O)Cn1nc(C)c([N+](=O)[O-])c1C. The highest BCUT2D eigenvalue weighted by Crippen LogP contribution is 2.21. The van der Waals surface area contributed by atoms with Crippen molar-refractivity contribution in [2.45, 2.75) is 27.3 Å². The Balaban J connectivity index is 1.83. The second-order valence-electron chi connectivity index (χ2n) is 5.27. The van der Waals surface area contributed by atoms with Gasteiger partial charge in [0, 0.05) is 0 Å². The molecule has 0 amide bonds. The Morgan fingerprint density at radius 3 is 2.58 bits per heavy atom. The first-order chi connectivity index (χ1) is 11.4. The number of rotatable bonds is 7. The van der Waals surface area contributed by atoms with Gasteiger partial charge in [-0.15, -0.1) is 0 Å². The summed E-state index contributed by atoms with van der Waals surface area (Å²) in [6.07, 6.45) is 0. The number of aryl methyl sites for hydroxylation is 2. The molecule has 1 heterocycles. The molecule has 1 aromatic carbocycles. The zero-order valence-corrected chi connectivity index (χ0v) is 13.8. The molecule has 128 valence electrons. The summed E-state index contributed by atoms with van der Waals surface area (Å²) >= 11 is 0. The monoisotopic (exact) mass is 333 g/mol. The van der Waals surface area contributed by atoms with Crippen molar-refractivity contribution >= 4 is 11.7 Å². The standard InChI is InChI=1S/C16H19N3O5/c1-11-6-4-5-7-14(11)23-8-9-24-15(20)10-18-13(3)16(19(21)22)12(2)17-18/h4-7H,8-10H2,1-3H3. The van der Waals surface area contributed by atoms with E-state index in [4.69, 9.17) is 9.47 Å². The van der Waals surface area contributed by atoms with Crippen LogP contribution in [0.4, 0.5) is 5.69 Å². The molecule has 0 fully saturated rings. The van der Waals surface area contributed by atoms with Crippen LogP contribution in [0.15, 0.2) is 24.3 Å². The summed E-state index contributed by atoms with van der Waals surface area (Å²) in [4.78, 5) is 22.3. The molecule has 0 aliphatic heterocycles. The van der Waals surface area contributed by atoms with Crippen LogP contribution in [-0.2, 0) is 16.1 Å². The highest BCUT2D eigenvalue weighted by Gasteiger charge is 2.22. The second kappa shape index (κ2) is 7.58. The third kappa shape index (κ3) is 4.09. The largest absolute Gasteiger partial charge is 0.490 e. The van der Waals surface area contributed by atoms with Gasteiger partial charge in [0.25, 0.3) is 0 Å². The fourth-order valence-electron chi connectivity index (χ4n) is 2.30. The van der Waals surface area contributed by atoms with Crippen LogP contribution in [0.3, 0.4) is 0 Å². The molecular weight excluding hydrogens is 314 g/mol. The van der Waals surface area contributed by atoms with E-state index in [9.17, 15) is 14.9 Å². The van der Waals surface area contributed by atoms with Crippen LogP contribution < -0.4 is 4.74 Å². The van der Waals surface area contributed by atoms with E-state index in [0.717, 1.165) is 11.3 Å². The fraction of sp³-hybridized carbons (Fsp3) is 0.375. The van der Waals surface area contributed by atoms with Gasteiger partial charge in [0.15, 0.2) is 0 Å². The smallest absolute Gasteiger partial charge is 0.327 e. The molecule has 8 heteroatoms. The Morgan fingerprint density at radius 2 is 1.96 bits per heavy atom. The van der Waals surface area contributed by atoms with Gasteiger partial charge < -0.3 is 9.47 Å². The lowest BCUT2D eigenvalue weighted by Crippen LogP contribution is -2.18. The number of esters is 1. The number of ether oxygens (including phenoxy) is 2. The Bertz CT molecular complexity index is 754. The van der Waals surface area contributed by atoms with Gasteiger partial charge in [-0.05, 0) is 32.4 Å². The number of hydrogen-bond donors (Lipinski definition) is 0. The summed E-state index contributed by atoms with van der Waals surface area (Å²) in [5, 5.41) is 14.9. The Hall–Kier alpha value is -2.90. The van der Waals surface area contributed by atoms with Gasteiger partial charge in [0.2, 0.25) is 0 Å². The third-order valence-electron chi connectivity index (χ3n) is 3.50. The minimum absolute atomic E-state index is 0.0781. The normalized spacial score (nSPS) is 10.5. The molecule has 0 bridgehead atoms. The lowest BCUT2D eigenvalue weighted by molar-refractivity contribution is -0.386. The molecule has 24 heavy (non-hydrogen) atoms. The van der Waals surface area contributed by atoms with Crippen molar-refractivity contribution in [1.82, 2.24) is 9.78 Å². The van der Waals surface area contributed by atoms with E-state index in [2.05, 4.69) is 5.10 Å². The van der Waals surface area contributed by atoms with Crippen molar-refractivity contribution in [1.29, 1.82) is 0 Å². The van der Waals surface area contributed by atoms with E-state index in [0.29, 0.717) is 5.69 Å². The predicted molar refractivity (Wildman–Crippen MR) is 86.0 cm³/mol. The van der Waals surface area contributed by atoms with Gasteiger partial charge in [0.1, 0.15) is 36.9 Å². The minimum atomic E-state index is -0.524. The first-order valence-corrected chi connectivity index (χ1v) is 7.42. The minimum Gasteiger partial charge on any atom is -0.490 e. The number of nitro groups is 1. The molecule has 8 nitrogen and oxygen atoms in total. The highest BCUT2D eigenvalue weighted by atomic mass is 16.6. The summed E-state index contributed by atoms with van der Waals surface area (Å²) in [7, 11) is 0. The van der Waals surface area contributed by atoms with E-state index in [1.54, 1.807) is 6.92 Å². The molecular formula is C16H19N3O5. The molecule has 0 N–H and O–H groups in total. The van der Waals surface area contributed by atoms with Crippen molar-refractivity contribution in [2.24, 2.45) is 0 Å². The van der Waals surface area contributed by atoms with Gasteiger partial charge in [-0.2, -0.15) is 5.10 Å². The number of nitrogens with zero attached hydrogens (tertiary/aromatic N) is 3. The molecule has 0 spiro atoms. The van der Waals surface area contributed by atoms with Crippen LogP contribution in [0, 0.1) is 30.9 Å². The van der Waals surface area contributed by atoms with Crippen molar-refractivity contribution in [3.8, 4) is 5.75 Å². The van der Waals surface area contributed by atoms with Gasteiger partial charge in [-0.3, -0.25) is 19.6 Å². The van der Waals surface area contributed by atoms with Crippen molar-refractivity contribution in [3.63, 3.8) is 0 Å². The van der Waals surface area contributed by atoms with Crippen LogP contribution in [-0.4, -0.2) is 33.9 Å². The molecule has 2 aromatic rings. The molecule has 0 unspecified atom stereocenters. The lowest BCUT2D eigenvalue weighted by Gasteiger charge is -2.09. The van der Waals surface area contributed by atoms with Crippen LogP contribution in [0.2, 0.25) is 0 Å². The maximum atomic E-state index is 11.8. The van der Waals surface area contributed by atoms with Crippen molar-refractivity contribution in [2.75, 3.05) is 13.2 Å². The van der Waals surface area contributed by atoms with E-state index in [1.165, 1.54) is 11.6 Å². The van der Waals surface area contributed by atoms with Gasteiger partial charge in [0.05, 0.1) is 4.92 Å². The number of para-hydroxylation sites is 1. The third-order valence-corrected chi connectivity index (χ3v) is 3.50. The molecule has 0 atom stereocenters. The molecule has 2 rings (SSSR count). The molecule has 0 saturated carbocycles. The van der Waals surface area contributed by atoms with Gasteiger partial charge in [-0.1, -0.05) is 18.2 Å².